The summed E-state index contributed by atoms with van der Waals surface area (Å²) in [5.41, 5.74) is 0. The molecule has 0 saturated carbocycles. The van der Waals surface area contributed by atoms with Crippen LogP contribution in [0.15, 0.2) is 4.36 Å². The highest BCUT2D eigenvalue weighted by molar-refractivity contribution is 7.61. The zero-order valence-electron chi connectivity index (χ0n) is 6.27. The second-order valence-corrected chi connectivity index (χ2v) is 2.41. The van der Waals surface area contributed by atoms with Crippen molar-refractivity contribution in [3.05, 3.63) is 0 Å². The van der Waals surface area contributed by atoms with Crippen LogP contribution in [0.1, 0.15) is 13.3 Å². The standard InChI is InChI=1S/C5H9NO4S/c1-3-4(5(7)10-2)6-11(8)9/h4H,3H2,1-2H3. The maximum absolute atomic E-state index is 10.7. The molecule has 0 amide bonds. The summed E-state index contributed by atoms with van der Waals surface area (Å²) in [4.78, 5) is 10.7. The molecule has 1 atom stereocenters. The third-order valence-corrected chi connectivity index (χ3v) is 1.50. The van der Waals surface area contributed by atoms with Gasteiger partial charge in [-0.15, -0.1) is 0 Å². The molecule has 6 heteroatoms. The molecule has 0 fully saturated rings. The van der Waals surface area contributed by atoms with E-state index < -0.39 is 22.5 Å². The SMILES string of the molecule is CCC(N=S(=O)=O)C(=O)OC. The van der Waals surface area contributed by atoms with Gasteiger partial charge in [-0.3, -0.25) is 0 Å². The maximum atomic E-state index is 10.7. The molecule has 0 heterocycles. The van der Waals surface area contributed by atoms with Gasteiger partial charge in [-0.05, 0) is 6.42 Å². The molecule has 5 nitrogen and oxygen atoms in total. The Balaban J connectivity index is 4.42. The largest absolute Gasteiger partial charge is 0.467 e. The van der Waals surface area contributed by atoms with E-state index in [9.17, 15) is 13.2 Å². The summed E-state index contributed by atoms with van der Waals surface area (Å²) in [7, 11) is -1.35. The predicted octanol–water partition coefficient (Wildman–Crippen LogP) is 0.000700. The highest BCUT2D eigenvalue weighted by Crippen LogP contribution is 1.98. The van der Waals surface area contributed by atoms with E-state index in [1.54, 1.807) is 6.92 Å². The lowest BCUT2D eigenvalue weighted by Gasteiger charge is -2.02. The number of hydrogen-bond acceptors (Lipinski definition) is 5. The summed E-state index contributed by atoms with van der Waals surface area (Å²) < 4.78 is 27.4. The number of carbonyl (C=O) groups excluding carboxylic acids is 1. The number of hydrogen-bond donors (Lipinski definition) is 0. The van der Waals surface area contributed by atoms with Crippen LogP contribution >= 0.6 is 0 Å². The van der Waals surface area contributed by atoms with Crippen molar-refractivity contribution < 1.29 is 17.9 Å². The quantitative estimate of drug-likeness (QED) is 0.571. The molecule has 0 aliphatic carbocycles. The molecule has 0 rings (SSSR count). The van der Waals surface area contributed by atoms with Crippen LogP contribution in [0.3, 0.4) is 0 Å². The third-order valence-electron chi connectivity index (χ3n) is 1.07. The van der Waals surface area contributed by atoms with E-state index in [4.69, 9.17) is 0 Å². The Labute approximate surface area is 66.1 Å². The van der Waals surface area contributed by atoms with Crippen molar-refractivity contribution in [2.45, 2.75) is 19.4 Å². The summed E-state index contributed by atoms with van der Waals surface area (Å²) in [6, 6.07) is -0.890. The van der Waals surface area contributed by atoms with Gasteiger partial charge in [-0.2, -0.15) is 12.8 Å². The van der Waals surface area contributed by atoms with Gasteiger partial charge in [0.05, 0.1) is 7.11 Å². The van der Waals surface area contributed by atoms with Crippen LogP contribution in [0.2, 0.25) is 0 Å². The van der Waals surface area contributed by atoms with Gasteiger partial charge in [0.15, 0.2) is 6.04 Å². The van der Waals surface area contributed by atoms with Gasteiger partial charge in [0.2, 0.25) is 0 Å². The lowest BCUT2D eigenvalue weighted by atomic mass is 10.2. The van der Waals surface area contributed by atoms with E-state index >= 15 is 0 Å². The Morgan fingerprint density at radius 3 is 2.45 bits per heavy atom. The fourth-order valence-corrected chi connectivity index (χ4v) is 0.967. The van der Waals surface area contributed by atoms with E-state index in [1.165, 1.54) is 7.11 Å². The average molecular weight is 179 g/mol. The Hall–Kier alpha value is -0.910. The number of nitrogens with zero attached hydrogens (tertiary/aromatic N) is 1. The van der Waals surface area contributed by atoms with Gasteiger partial charge in [0.1, 0.15) is 0 Å². The zero-order valence-corrected chi connectivity index (χ0v) is 7.09. The minimum Gasteiger partial charge on any atom is -0.467 e. The second-order valence-electron chi connectivity index (χ2n) is 1.77. The molecular weight excluding hydrogens is 170 g/mol. The molecule has 0 spiro atoms. The molecule has 0 bridgehead atoms. The molecule has 0 radical (unpaired) electrons. The first-order chi connectivity index (χ1) is 5.11. The van der Waals surface area contributed by atoms with Gasteiger partial charge >= 0.3 is 16.5 Å². The fraction of sp³-hybridized carbons (Fsp3) is 0.800. The van der Waals surface area contributed by atoms with Gasteiger partial charge in [0, 0.05) is 0 Å². The summed E-state index contributed by atoms with van der Waals surface area (Å²) in [5, 5.41) is 0. The van der Waals surface area contributed by atoms with Crippen LogP contribution in [-0.4, -0.2) is 27.5 Å². The lowest BCUT2D eigenvalue weighted by Crippen LogP contribution is -2.18. The van der Waals surface area contributed by atoms with Crippen molar-refractivity contribution in [2.75, 3.05) is 7.11 Å². The minimum atomic E-state index is -2.54. The van der Waals surface area contributed by atoms with Crippen molar-refractivity contribution in [1.29, 1.82) is 0 Å². The number of carbonyl (C=O) groups is 1. The Morgan fingerprint density at radius 2 is 2.18 bits per heavy atom. The van der Waals surface area contributed by atoms with Crippen LogP contribution in [0.25, 0.3) is 0 Å². The van der Waals surface area contributed by atoms with Crippen LogP contribution < -0.4 is 0 Å². The molecule has 64 valence electrons. The molecule has 0 aromatic carbocycles. The Bertz CT molecular complexity index is 248. The number of methoxy groups -OCH3 is 1. The highest BCUT2D eigenvalue weighted by atomic mass is 32.2. The molecule has 0 aromatic heterocycles. The molecule has 0 aromatic rings. The van der Waals surface area contributed by atoms with E-state index in [0.717, 1.165) is 0 Å². The molecule has 0 N–H and O–H groups in total. The van der Waals surface area contributed by atoms with E-state index in [0.29, 0.717) is 6.42 Å². The predicted molar refractivity (Wildman–Crippen MR) is 37.4 cm³/mol. The summed E-state index contributed by atoms with van der Waals surface area (Å²) >= 11 is 0. The summed E-state index contributed by atoms with van der Waals surface area (Å²) in [5.74, 6) is -0.628. The summed E-state index contributed by atoms with van der Waals surface area (Å²) in [6.45, 7) is 1.65. The van der Waals surface area contributed by atoms with Crippen molar-refractivity contribution in [2.24, 2.45) is 4.36 Å². The van der Waals surface area contributed by atoms with Crippen molar-refractivity contribution in [1.82, 2.24) is 0 Å². The molecule has 0 aliphatic heterocycles. The van der Waals surface area contributed by atoms with Crippen LogP contribution in [0.4, 0.5) is 0 Å². The van der Waals surface area contributed by atoms with Crippen molar-refractivity contribution >= 4 is 16.5 Å². The number of esters is 1. The second kappa shape index (κ2) is 4.84. The molecular formula is C5H9NO4S. The average Bonchev–Trinajstić information content (AvgIpc) is 1.98. The van der Waals surface area contributed by atoms with E-state index in [1.807, 2.05) is 0 Å². The fourth-order valence-electron chi connectivity index (χ4n) is 0.524. The zero-order chi connectivity index (χ0) is 8.85. The van der Waals surface area contributed by atoms with Gasteiger partial charge in [-0.25, -0.2) is 4.79 Å². The highest BCUT2D eigenvalue weighted by Gasteiger charge is 2.15. The van der Waals surface area contributed by atoms with Crippen molar-refractivity contribution in [3.63, 3.8) is 0 Å². The smallest absolute Gasteiger partial charge is 0.331 e. The third kappa shape index (κ3) is 3.72. The lowest BCUT2D eigenvalue weighted by molar-refractivity contribution is -0.142. The first-order valence-electron chi connectivity index (χ1n) is 2.99. The van der Waals surface area contributed by atoms with E-state index in [2.05, 4.69) is 9.10 Å². The Morgan fingerprint density at radius 1 is 1.64 bits per heavy atom. The van der Waals surface area contributed by atoms with E-state index in [-0.39, 0.29) is 0 Å². The number of rotatable bonds is 3. The normalized spacial score (nSPS) is 11.8. The van der Waals surface area contributed by atoms with Crippen LogP contribution in [-0.2, 0) is 20.0 Å². The molecule has 0 saturated heterocycles. The minimum absolute atomic E-state index is 0.320. The molecule has 11 heavy (non-hydrogen) atoms. The monoisotopic (exact) mass is 179 g/mol. The first kappa shape index (κ1) is 10.1. The molecule has 1 unspecified atom stereocenters. The van der Waals surface area contributed by atoms with Gasteiger partial charge < -0.3 is 4.74 Å². The number of ether oxygens (including phenoxy) is 1. The molecule has 0 aliphatic rings. The van der Waals surface area contributed by atoms with Crippen LogP contribution in [0, 0.1) is 0 Å². The first-order valence-corrected chi connectivity index (χ1v) is 4.03. The topological polar surface area (TPSA) is 72.8 Å². The Kier molecular flexibility index (Phi) is 4.44. The maximum Gasteiger partial charge on any atom is 0.331 e. The van der Waals surface area contributed by atoms with Gasteiger partial charge in [0.25, 0.3) is 0 Å². The van der Waals surface area contributed by atoms with Gasteiger partial charge in [-0.1, -0.05) is 6.92 Å². The van der Waals surface area contributed by atoms with Crippen LogP contribution in [0.5, 0.6) is 0 Å². The van der Waals surface area contributed by atoms with Crippen molar-refractivity contribution in [3.8, 4) is 0 Å². The summed E-state index contributed by atoms with van der Waals surface area (Å²) in [6.07, 6.45) is 0.320.